The van der Waals surface area contributed by atoms with Crippen LogP contribution in [0, 0.1) is 5.82 Å². The number of aromatic nitrogens is 1. The van der Waals surface area contributed by atoms with Crippen LogP contribution in [0.15, 0.2) is 36.7 Å². The van der Waals surface area contributed by atoms with Crippen molar-refractivity contribution in [1.29, 1.82) is 0 Å². The number of hydrogen-bond acceptors (Lipinski definition) is 3. The van der Waals surface area contributed by atoms with E-state index in [2.05, 4.69) is 10.3 Å². The van der Waals surface area contributed by atoms with Crippen molar-refractivity contribution in [2.45, 2.75) is 13.0 Å². The second-order valence-electron chi connectivity index (χ2n) is 4.86. The summed E-state index contributed by atoms with van der Waals surface area (Å²) in [6, 6.07) is 7.17. The van der Waals surface area contributed by atoms with Gasteiger partial charge in [-0.25, -0.2) is 4.39 Å². The Balaban J connectivity index is 2.16. The van der Waals surface area contributed by atoms with Gasteiger partial charge in [-0.15, -0.1) is 0 Å². The number of benzene rings is 1. The average Bonchev–Trinajstić information content (AvgIpc) is 2.38. The van der Waals surface area contributed by atoms with Gasteiger partial charge in [-0.1, -0.05) is 11.6 Å². The maximum atomic E-state index is 13.2. The Labute approximate surface area is 123 Å². The zero-order valence-corrected chi connectivity index (χ0v) is 12.4. The maximum Gasteiger partial charge on any atom is 0.141 e. The van der Waals surface area contributed by atoms with E-state index in [0.29, 0.717) is 5.02 Å². The van der Waals surface area contributed by atoms with Crippen LogP contribution in [0.2, 0.25) is 5.02 Å². The van der Waals surface area contributed by atoms with Crippen LogP contribution in [0.25, 0.3) is 0 Å². The molecule has 0 amide bonds. The summed E-state index contributed by atoms with van der Waals surface area (Å²) in [5, 5.41) is 3.95. The normalized spacial score (nSPS) is 12.1. The highest BCUT2D eigenvalue weighted by Crippen LogP contribution is 2.29. The molecule has 0 aliphatic heterocycles. The van der Waals surface area contributed by atoms with Crippen molar-refractivity contribution in [3.63, 3.8) is 0 Å². The van der Waals surface area contributed by atoms with Crippen LogP contribution in [0.1, 0.15) is 18.5 Å². The third-order valence-corrected chi connectivity index (χ3v) is 3.34. The fraction of sp³-hybridized carbons (Fsp3) is 0.267. The van der Waals surface area contributed by atoms with Gasteiger partial charge >= 0.3 is 0 Å². The van der Waals surface area contributed by atoms with Crippen LogP contribution in [0.5, 0.6) is 0 Å². The first-order chi connectivity index (χ1) is 9.47. The van der Waals surface area contributed by atoms with E-state index in [1.54, 1.807) is 6.20 Å². The highest BCUT2D eigenvalue weighted by atomic mass is 35.5. The van der Waals surface area contributed by atoms with Gasteiger partial charge < -0.3 is 10.2 Å². The molecular formula is C15H17ClFN3. The molecule has 1 atom stereocenters. The molecule has 0 aliphatic rings. The Bertz CT molecular complexity index is 601. The van der Waals surface area contributed by atoms with Crippen molar-refractivity contribution in [3.05, 3.63) is 53.1 Å². The van der Waals surface area contributed by atoms with Crippen molar-refractivity contribution in [2.24, 2.45) is 0 Å². The van der Waals surface area contributed by atoms with E-state index in [4.69, 9.17) is 11.6 Å². The first-order valence-corrected chi connectivity index (χ1v) is 6.69. The third kappa shape index (κ3) is 3.39. The predicted octanol–water partition coefficient (Wildman–Crippen LogP) is 4.11. The van der Waals surface area contributed by atoms with Crippen LogP contribution < -0.4 is 10.2 Å². The number of anilines is 2. The summed E-state index contributed by atoms with van der Waals surface area (Å²) in [4.78, 5) is 5.80. The number of nitrogens with zero attached hydrogens (tertiary/aromatic N) is 2. The second-order valence-corrected chi connectivity index (χ2v) is 5.27. The molecule has 0 radical (unpaired) electrons. The lowest BCUT2D eigenvalue weighted by atomic mass is 10.1. The molecule has 0 saturated heterocycles. The van der Waals surface area contributed by atoms with Gasteiger partial charge in [-0.2, -0.15) is 0 Å². The van der Waals surface area contributed by atoms with E-state index in [1.807, 2.05) is 44.1 Å². The van der Waals surface area contributed by atoms with Crippen LogP contribution in [-0.2, 0) is 0 Å². The van der Waals surface area contributed by atoms with E-state index >= 15 is 0 Å². The molecule has 1 heterocycles. The number of halogens is 2. The number of hydrogen-bond donors (Lipinski definition) is 1. The highest BCUT2D eigenvalue weighted by molar-refractivity contribution is 6.33. The van der Waals surface area contributed by atoms with Gasteiger partial charge in [0.1, 0.15) is 5.82 Å². The van der Waals surface area contributed by atoms with E-state index < -0.39 is 0 Å². The molecule has 0 spiro atoms. The highest BCUT2D eigenvalue weighted by Gasteiger charge is 2.09. The molecule has 5 heteroatoms. The molecule has 1 aromatic heterocycles. The quantitative estimate of drug-likeness (QED) is 0.919. The largest absolute Gasteiger partial charge is 0.378 e. The minimum atomic E-state index is -0.336. The predicted molar refractivity (Wildman–Crippen MR) is 82.0 cm³/mol. The lowest BCUT2D eigenvalue weighted by Crippen LogP contribution is -2.10. The van der Waals surface area contributed by atoms with Crippen LogP contribution in [0.3, 0.4) is 0 Å². The van der Waals surface area contributed by atoms with E-state index in [-0.39, 0.29) is 11.9 Å². The molecule has 1 aromatic carbocycles. The topological polar surface area (TPSA) is 28.2 Å². The minimum Gasteiger partial charge on any atom is -0.378 e. The van der Waals surface area contributed by atoms with Gasteiger partial charge in [0, 0.05) is 26.0 Å². The van der Waals surface area contributed by atoms with Crippen LogP contribution >= 0.6 is 11.6 Å². The molecule has 20 heavy (non-hydrogen) atoms. The Hall–Kier alpha value is -1.81. The van der Waals surface area contributed by atoms with Gasteiger partial charge in [0.15, 0.2) is 0 Å². The first kappa shape index (κ1) is 14.6. The molecule has 2 aromatic rings. The van der Waals surface area contributed by atoms with Crippen molar-refractivity contribution in [2.75, 3.05) is 24.3 Å². The molecule has 106 valence electrons. The fourth-order valence-corrected chi connectivity index (χ4v) is 2.31. The zero-order valence-electron chi connectivity index (χ0n) is 11.7. The van der Waals surface area contributed by atoms with Gasteiger partial charge in [0.25, 0.3) is 0 Å². The average molecular weight is 294 g/mol. The molecule has 3 nitrogen and oxygen atoms in total. The summed E-state index contributed by atoms with van der Waals surface area (Å²) < 4.78 is 13.2. The molecular weight excluding hydrogens is 277 g/mol. The molecule has 2 rings (SSSR count). The molecule has 0 saturated carbocycles. The van der Waals surface area contributed by atoms with Crippen LogP contribution in [-0.4, -0.2) is 19.1 Å². The Kier molecular flexibility index (Phi) is 4.45. The third-order valence-electron chi connectivity index (χ3n) is 3.04. The summed E-state index contributed by atoms with van der Waals surface area (Å²) in [5.74, 6) is -0.336. The van der Waals surface area contributed by atoms with E-state index in [0.717, 1.165) is 16.9 Å². The van der Waals surface area contributed by atoms with Gasteiger partial charge in [-0.05, 0) is 36.8 Å². The van der Waals surface area contributed by atoms with Crippen molar-refractivity contribution in [1.82, 2.24) is 4.98 Å². The van der Waals surface area contributed by atoms with Crippen molar-refractivity contribution >= 4 is 23.0 Å². The molecule has 1 unspecified atom stereocenters. The fourth-order valence-electron chi connectivity index (χ4n) is 1.96. The smallest absolute Gasteiger partial charge is 0.141 e. The molecule has 0 fully saturated rings. The number of rotatable bonds is 4. The SMILES string of the molecule is CC(Nc1ccc(N(C)C)c(Cl)c1)c1cncc(F)c1. The summed E-state index contributed by atoms with van der Waals surface area (Å²) in [6.07, 6.45) is 2.84. The van der Waals surface area contributed by atoms with Crippen molar-refractivity contribution < 1.29 is 4.39 Å². The lowest BCUT2D eigenvalue weighted by molar-refractivity contribution is 0.616. The standard InChI is InChI=1S/C15H17ClFN3/c1-10(11-6-12(17)9-18-8-11)19-13-4-5-15(20(2)3)14(16)7-13/h4-10,19H,1-3H3. The van der Waals surface area contributed by atoms with Gasteiger partial charge in [0.05, 0.1) is 22.9 Å². The summed E-state index contributed by atoms with van der Waals surface area (Å²) in [5.41, 5.74) is 2.63. The Morgan fingerprint density at radius 3 is 2.60 bits per heavy atom. The minimum absolute atomic E-state index is 0.0560. The Morgan fingerprint density at radius 1 is 1.25 bits per heavy atom. The summed E-state index contributed by atoms with van der Waals surface area (Å²) in [7, 11) is 3.88. The number of pyridine rings is 1. The van der Waals surface area contributed by atoms with Crippen molar-refractivity contribution in [3.8, 4) is 0 Å². The summed E-state index contributed by atoms with van der Waals surface area (Å²) >= 11 is 6.23. The molecule has 1 N–H and O–H groups in total. The zero-order chi connectivity index (χ0) is 14.7. The van der Waals surface area contributed by atoms with E-state index in [9.17, 15) is 4.39 Å². The van der Waals surface area contributed by atoms with E-state index in [1.165, 1.54) is 12.3 Å². The maximum absolute atomic E-state index is 13.2. The molecule has 0 aliphatic carbocycles. The second kappa shape index (κ2) is 6.09. The van der Waals surface area contributed by atoms with Gasteiger partial charge in [0.2, 0.25) is 0 Å². The molecule has 0 bridgehead atoms. The summed E-state index contributed by atoms with van der Waals surface area (Å²) in [6.45, 7) is 1.95. The van der Waals surface area contributed by atoms with Crippen LogP contribution in [0.4, 0.5) is 15.8 Å². The Morgan fingerprint density at radius 2 is 2.00 bits per heavy atom. The lowest BCUT2D eigenvalue weighted by Gasteiger charge is -2.18. The number of nitrogens with one attached hydrogen (secondary N) is 1. The monoisotopic (exact) mass is 293 g/mol. The van der Waals surface area contributed by atoms with Gasteiger partial charge in [-0.3, -0.25) is 4.98 Å². The first-order valence-electron chi connectivity index (χ1n) is 6.31.